The topological polar surface area (TPSA) is 68.5 Å². The molecule has 1 heterocycles. The minimum Gasteiger partial charge on any atom is -0.478 e. The van der Waals surface area contributed by atoms with Crippen LogP contribution >= 0.6 is 11.6 Å². The van der Waals surface area contributed by atoms with E-state index in [1.807, 2.05) is 0 Å². The summed E-state index contributed by atoms with van der Waals surface area (Å²) in [7, 11) is 1.50. The Morgan fingerprint density at radius 3 is 2.41 bits per heavy atom. The van der Waals surface area contributed by atoms with Crippen LogP contribution < -0.4 is 4.74 Å². The average Bonchev–Trinajstić information content (AvgIpc) is 2.89. The Labute approximate surface area is 155 Å². The third-order valence-electron chi connectivity index (χ3n) is 3.96. The third-order valence-corrected chi connectivity index (χ3v) is 4.36. The van der Waals surface area contributed by atoms with E-state index in [0.29, 0.717) is 10.9 Å². The second-order valence-electron chi connectivity index (χ2n) is 5.66. The van der Waals surface area contributed by atoms with Gasteiger partial charge in [0.15, 0.2) is 0 Å². The van der Waals surface area contributed by atoms with Crippen molar-refractivity contribution in [3.63, 3.8) is 0 Å². The monoisotopic (exact) mass is 397 g/mol. The molecule has 0 aliphatic heterocycles. The minimum absolute atomic E-state index is 0.0192. The van der Waals surface area contributed by atoms with Crippen LogP contribution in [0.5, 0.6) is 5.75 Å². The quantitative estimate of drug-likeness (QED) is 0.650. The van der Waals surface area contributed by atoms with Gasteiger partial charge < -0.3 is 14.4 Å². The van der Waals surface area contributed by atoms with Gasteiger partial charge in [0.05, 0.1) is 21.8 Å². The molecule has 2 aromatic carbocycles. The van der Waals surface area contributed by atoms with Crippen LogP contribution in [0.3, 0.4) is 0 Å². The molecule has 27 heavy (non-hydrogen) atoms. The number of hydrogen-bond donors (Lipinski definition) is 1. The highest BCUT2D eigenvalue weighted by Gasteiger charge is 2.31. The van der Waals surface area contributed by atoms with Crippen molar-refractivity contribution in [1.29, 1.82) is 0 Å². The van der Waals surface area contributed by atoms with Crippen molar-refractivity contribution in [2.75, 3.05) is 0 Å². The summed E-state index contributed by atoms with van der Waals surface area (Å²) in [6.45, 7) is 0. The molecule has 0 atom stereocenters. The maximum atomic E-state index is 12.8. The van der Waals surface area contributed by atoms with Crippen molar-refractivity contribution in [2.24, 2.45) is 7.05 Å². The van der Waals surface area contributed by atoms with E-state index in [9.17, 15) is 22.8 Å². The number of benzene rings is 2. The molecular weight excluding hydrogens is 387 g/mol. The highest BCUT2D eigenvalue weighted by Crippen LogP contribution is 2.30. The molecule has 0 saturated carbocycles. The van der Waals surface area contributed by atoms with E-state index in [-0.39, 0.29) is 21.8 Å². The number of alkyl halides is 3. The van der Waals surface area contributed by atoms with Crippen LogP contribution in [0.2, 0.25) is 5.02 Å². The van der Waals surface area contributed by atoms with E-state index < -0.39 is 23.9 Å². The largest absolute Gasteiger partial charge is 0.573 e. The number of ketones is 1. The van der Waals surface area contributed by atoms with E-state index >= 15 is 0 Å². The average molecular weight is 398 g/mol. The molecule has 3 rings (SSSR count). The predicted octanol–water partition coefficient (Wildman–Crippen LogP) is 4.66. The molecule has 1 aromatic heterocycles. The summed E-state index contributed by atoms with van der Waals surface area (Å²) in [4.78, 5) is 24.0. The Morgan fingerprint density at radius 2 is 1.78 bits per heavy atom. The van der Waals surface area contributed by atoms with Crippen molar-refractivity contribution < 1.29 is 32.6 Å². The number of aryl methyl sites for hydroxylation is 1. The fraction of sp³-hybridized carbons (Fsp3) is 0.111. The van der Waals surface area contributed by atoms with Crippen molar-refractivity contribution >= 4 is 34.3 Å². The number of aromatic nitrogens is 1. The van der Waals surface area contributed by atoms with Crippen LogP contribution in [0, 0.1) is 0 Å². The van der Waals surface area contributed by atoms with E-state index in [0.717, 1.165) is 12.1 Å². The van der Waals surface area contributed by atoms with Crippen molar-refractivity contribution in [3.05, 3.63) is 64.3 Å². The summed E-state index contributed by atoms with van der Waals surface area (Å²) in [6.07, 6.45) is -4.83. The van der Waals surface area contributed by atoms with Gasteiger partial charge in [0.2, 0.25) is 5.78 Å². The number of aromatic carboxylic acids is 1. The summed E-state index contributed by atoms with van der Waals surface area (Å²) < 4.78 is 42.5. The first-order valence-electron chi connectivity index (χ1n) is 7.50. The van der Waals surface area contributed by atoms with Crippen molar-refractivity contribution in [1.82, 2.24) is 4.57 Å². The molecule has 0 fully saturated rings. The molecule has 0 amide bonds. The number of carbonyl (C=O) groups is 2. The molecule has 0 aliphatic carbocycles. The summed E-state index contributed by atoms with van der Waals surface area (Å²) in [6, 6.07) is 9.22. The van der Waals surface area contributed by atoms with Gasteiger partial charge in [-0.25, -0.2) is 4.79 Å². The molecule has 5 nitrogen and oxygen atoms in total. The molecule has 3 aromatic rings. The van der Waals surface area contributed by atoms with E-state index in [1.165, 1.54) is 41.9 Å². The van der Waals surface area contributed by atoms with E-state index in [1.54, 1.807) is 0 Å². The van der Waals surface area contributed by atoms with Gasteiger partial charge in [-0.1, -0.05) is 17.7 Å². The van der Waals surface area contributed by atoms with E-state index in [4.69, 9.17) is 16.7 Å². The van der Waals surface area contributed by atoms with Gasteiger partial charge in [0, 0.05) is 24.1 Å². The van der Waals surface area contributed by atoms with Gasteiger partial charge in [-0.2, -0.15) is 0 Å². The highest BCUT2D eigenvalue weighted by molar-refractivity contribution is 6.37. The molecule has 1 N–H and O–H groups in total. The second-order valence-corrected chi connectivity index (χ2v) is 6.04. The number of carbonyl (C=O) groups excluding carboxylic acids is 1. The smallest absolute Gasteiger partial charge is 0.478 e. The number of hydrogen-bond acceptors (Lipinski definition) is 3. The first-order chi connectivity index (χ1) is 12.6. The number of halogens is 4. The first kappa shape index (κ1) is 18.8. The van der Waals surface area contributed by atoms with Gasteiger partial charge in [0.25, 0.3) is 0 Å². The number of nitrogens with zero attached hydrogens (tertiary/aromatic N) is 1. The Bertz CT molecular complexity index is 1070. The number of fused-ring (bicyclic) bond motifs is 1. The van der Waals surface area contributed by atoms with Gasteiger partial charge >= 0.3 is 12.3 Å². The molecule has 0 unspecified atom stereocenters. The Balaban J connectivity index is 2.07. The van der Waals surface area contributed by atoms with Crippen LogP contribution in [0.25, 0.3) is 10.9 Å². The molecule has 0 spiro atoms. The lowest BCUT2D eigenvalue weighted by Gasteiger charge is -2.09. The Kier molecular flexibility index (Phi) is 4.61. The molecule has 0 radical (unpaired) electrons. The van der Waals surface area contributed by atoms with Crippen molar-refractivity contribution in [3.8, 4) is 5.75 Å². The zero-order valence-electron chi connectivity index (χ0n) is 13.7. The second kappa shape index (κ2) is 6.62. The summed E-state index contributed by atoms with van der Waals surface area (Å²) >= 11 is 6.04. The number of rotatable bonds is 4. The molecule has 0 bridgehead atoms. The SMILES string of the molecule is Cn1c(C(=O)c2cccc(C(=O)O)c2Cl)cc2ccc(OC(F)(F)F)cc21. The first-order valence-corrected chi connectivity index (χ1v) is 7.88. The van der Waals surface area contributed by atoms with Crippen LogP contribution in [0.1, 0.15) is 26.4 Å². The Hall–Kier alpha value is -3.00. The number of ether oxygens (including phenoxy) is 1. The molecule has 9 heteroatoms. The minimum atomic E-state index is -4.83. The van der Waals surface area contributed by atoms with Gasteiger partial charge in [0.1, 0.15) is 5.75 Å². The molecular formula is C18H11ClF3NO4. The standard InChI is InChI=1S/C18H11ClF3NO4/c1-23-13-8-10(27-18(20,21)22)6-5-9(13)7-14(23)16(24)11-3-2-4-12(15(11)19)17(25)26/h2-8H,1H3,(H,25,26). The summed E-state index contributed by atoms with van der Waals surface area (Å²) in [5.74, 6) is -2.25. The fourth-order valence-electron chi connectivity index (χ4n) is 2.74. The van der Waals surface area contributed by atoms with Crippen molar-refractivity contribution in [2.45, 2.75) is 6.36 Å². The van der Waals surface area contributed by atoms with Crippen LogP contribution in [0.4, 0.5) is 13.2 Å². The fourth-order valence-corrected chi connectivity index (χ4v) is 3.03. The zero-order chi connectivity index (χ0) is 19.9. The lowest BCUT2D eigenvalue weighted by molar-refractivity contribution is -0.274. The van der Waals surface area contributed by atoms with Crippen LogP contribution in [-0.2, 0) is 7.05 Å². The summed E-state index contributed by atoms with van der Waals surface area (Å²) in [5, 5.41) is 9.44. The van der Waals surface area contributed by atoms with Gasteiger partial charge in [-0.3, -0.25) is 4.79 Å². The van der Waals surface area contributed by atoms with Gasteiger partial charge in [-0.05, 0) is 30.3 Å². The maximum absolute atomic E-state index is 12.8. The van der Waals surface area contributed by atoms with Crippen LogP contribution in [-0.4, -0.2) is 27.8 Å². The Morgan fingerprint density at radius 1 is 1.11 bits per heavy atom. The summed E-state index contributed by atoms with van der Waals surface area (Å²) in [5.41, 5.74) is 0.237. The number of carboxylic acid groups (broad SMARTS) is 1. The van der Waals surface area contributed by atoms with Gasteiger partial charge in [-0.15, -0.1) is 13.2 Å². The lowest BCUT2D eigenvalue weighted by atomic mass is 10.0. The third kappa shape index (κ3) is 3.61. The van der Waals surface area contributed by atoms with Crippen LogP contribution in [0.15, 0.2) is 42.5 Å². The lowest BCUT2D eigenvalue weighted by Crippen LogP contribution is -2.17. The van der Waals surface area contributed by atoms with E-state index in [2.05, 4.69) is 4.74 Å². The molecule has 140 valence electrons. The molecule has 0 aliphatic rings. The number of carboxylic acids is 1. The normalized spacial score (nSPS) is 11.6. The predicted molar refractivity (Wildman–Crippen MR) is 91.4 cm³/mol. The maximum Gasteiger partial charge on any atom is 0.573 e. The molecule has 0 saturated heterocycles. The zero-order valence-corrected chi connectivity index (χ0v) is 14.4. The highest BCUT2D eigenvalue weighted by atomic mass is 35.5.